The fraction of sp³-hybridized carbons (Fsp3) is 0. The molecule has 0 fully saturated rings. The molecule has 17 heavy (non-hydrogen) atoms. The van der Waals surface area contributed by atoms with Gasteiger partial charge in [0.15, 0.2) is 0 Å². The lowest BCUT2D eigenvalue weighted by Gasteiger charge is -2.00. The van der Waals surface area contributed by atoms with Gasteiger partial charge in [-0.15, -0.1) is 0 Å². The molecular weight excluding hydrogens is 218 g/mol. The summed E-state index contributed by atoms with van der Waals surface area (Å²) < 4.78 is 0. The zero-order chi connectivity index (χ0) is 12.3. The van der Waals surface area contributed by atoms with E-state index in [0.29, 0.717) is 5.56 Å². The Morgan fingerprint density at radius 2 is 1.53 bits per heavy atom. The molecule has 5 heteroatoms. The smallest absolute Gasteiger partial charge is 0.268 e. The summed E-state index contributed by atoms with van der Waals surface area (Å²) in [5.41, 5.74) is 5.76. The van der Waals surface area contributed by atoms with Crippen molar-refractivity contribution in [2.75, 3.05) is 0 Å². The molecule has 1 aromatic carbocycles. The number of hydrogen-bond acceptors (Lipinski definition) is 4. The van der Waals surface area contributed by atoms with E-state index in [1.54, 1.807) is 24.3 Å². The Balaban J connectivity index is 2.30. The Labute approximate surface area is 97.3 Å². The fourth-order valence-electron chi connectivity index (χ4n) is 1.31. The number of aromatic nitrogens is 2. The largest absolute Gasteiger partial charge is 0.364 e. The van der Waals surface area contributed by atoms with E-state index in [1.165, 1.54) is 12.4 Å². The molecule has 0 atom stereocenters. The molecule has 0 aliphatic carbocycles. The minimum Gasteiger partial charge on any atom is -0.364 e. The van der Waals surface area contributed by atoms with Crippen LogP contribution in [0.4, 0.5) is 0 Å². The Hall–Kier alpha value is -2.56. The van der Waals surface area contributed by atoms with E-state index in [1.807, 2.05) is 6.07 Å². The number of ketones is 1. The first-order valence-corrected chi connectivity index (χ1v) is 4.90. The van der Waals surface area contributed by atoms with Gasteiger partial charge in [-0.3, -0.25) is 9.59 Å². The average Bonchev–Trinajstić information content (AvgIpc) is 2.39. The van der Waals surface area contributed by atoms with Crippen LogP contribution in [-0.4, -0.2) is 21.7 Å². The molecule has 1 heterocycles. The summed E-state index contributed by atoms with van der Waals surface area (Å²) in [5, 5.41) is 0. The maximum absolute atomic E-state index is 11.9. The first-order valence-electron chi connectivity index (χ1n) is 4.90. The molecule has 1 amide bonds. The highest BCUT2D eigenvalue weighted by Gasteiger charge is 2.11. The molecule has 2 N–H and O–H groups in total. The first kappa shape index (κ1) is 10.9. The second-order valence-corrected chi connectivity index (χ2v) is 3.35. The predicted molar refractivity (Wildman–Crippen MR) is 60.4 cm³/mol. The number of primary amides is 1. The van der Waals surface area contributed by atoms with Gasteiger partial charge in [-0.2, -0.15) is 0 Å². The summed E-state index contributed by atoms with van der Waals surface area (Å²) in [6.07, 6.45) is 2.44. The van der Waals surface area contributed by atoms with Gasteiger partial charge in [0.1, 0.15) is 11.4 Å². The normalized spacial score (nSPS) is 9.88. The van der Waals surface area contributed by atoms with E-state index in [0.717, 1.165) is 0 Å². The second-order valence-electron chi connectivity index (χ2n) is 3.35. The van der Waals surface area contributed by atoms with Crippen LogP contribution in [0, 0.1) is 0 Å². The van der Waals surface area contributed by atoms with Gasteiger partial charge in [-0.1, -0.05) is 30.3 Å². The van der Waals surface area contributed by atoms with Crippen molar-refractivity contribution in [3.63, 3.8) is 0 Å². The van der Waals surface area contributed by atoms with Crippen LogP contribution in [0.15, 0.2) is 42.7 Å². The molecule has 0 saturated carbocycles. The third-order valence-corrected chi connectivity index (χ3v) is 2.17. The highest BCUT2D eigenvalue weighted by atomic mass is 16.1. The van der Waals surface area contributed by atoms with Crippen molar-refractivity contribution in [3.05, 3.63) is 59.7 Å². The van der Waals surface area contributed by atoms with Crippen LogP contribution in [0.5, 0.6) is 0 Å². The van der Waals surface area contributed by atoms with E-state index in [9.17, 15) is 9.59 Å². The van der Waals surface area contributed by atoms with Gasteiger partial charge >= 0.3 is 0 Å². The van der Waals surface area contributed by atoms with Gasteiger partial charge in [0.25, 0.3) is 5.91 Å². The van der Waals surface area contributed by atoms with Crippen molar-refractivity contribution >= 4 is 11.7 Å². The van der Waals surface area contributed by atoms with Crippen molar-refractivity contribution in [2.24, 2.45) is 5.73 Å². The molecule has 0 aliphatic rings. The van der Waals surface area contributed by atoms with Gasteiger partial charge in [0.05, 0.1) is 12.4 Å². The number of carbonyl (C=O) groups excluding carboxylic acids is 2. The summed E-state index contributed by atoms with van der Waals surface area (Å²) in [6, 6.07) is 8.72. The summed E-state index contributed by atoms with van der Waals surface area (Å²) in [5.74, 6) is -0.912. The third kappa shape index (κ3) is 2.34. The molecule has 0 aliphatic heterocycles. The number of amides is 1. The number of carbonyl (C=O) groups is 2. The molecule has 0 spiro atoms. The standard InChI is InChI=1S/C12H9N3O2/c13-12(17)10-7-14-9(6-15-10)11(16)8-4-2-1-3-5-8/h1-7H,(H2,13,17). The zero-order valence-electron chi connectivity index (χ0n) is 8.83. The summed E-state index contributed by atoms with van der Waals surface area (Å²) in [4.78, 5) is 30.3. The Bertz CT molecular complexity index is 550. The first-order chi connectivity index (χ1) is 8.18. The zero-order valence-corrected chi connectivity index (χ0v) is 8.83. The molecule has 0 radical (unpaired) electrons. The van der Waals surface area contributed by atoms with E-state index < -0.39 is 5.91 Å². The topological polar surface area (TPSA) is 85.9 Å². The van der Waals surface area contributed by atoms with Crippen molar-refractivity contribution in [1.29, 1.82) is 0 Å². The van der Waals surface area contributed by atoms with Gasteiger partial charge in [-0.25, -0.2) is 9.97 Å². The molecule has 84 valence electrons. The number of benzene rings is 1. The molecule has 1 aromatic heterocycles. The molecule has 2 aromatic rings. The van der Waals surface area contributed by atoms with Crippen LogP contribution in [-0.2, 0) is 0 Å². The molecule has 0 unspecified atom stereocenters. The fourth-order valence-corrected chi connectivity index (χ4v) is 1.31. The minimum absolute atomic E-state index is 0.0367. The van der Waals surface area contributed by atoms with E-state index in [2.05, 4.69) is 9.97 Å². The lowest BCUT2D eigenvalue weighted by Crippen LogP contribution is -2.14. The van der Waals surface area contributed by atoms with Crippen molar-refractivity contribution < 1.29 is 9.59 Å². The minimum atomic E-state index is -0.670. The second kappa shape index (κ2) is 4.52. The van der Waals surface area contributed by atoms with Crippen molar-refractivity contribution in [3.8, 4) is 0 Å². The molecule has 0 bridgehead atoms. The molecule has 2 rings (SSSR count). The van der Waals surface area contributed by atoms with Crippen LogP contribution in [0.25, 0.3) is 0 Å². The lowest BCUT2D eigenvalue weighted by molar-refractivity contribution is 0.0990. The Morgan fingerprint density at radius 3 is 2.06 bits per heavy atom. The molecular formula is C12H9N3O2. The van der Waals surface area contributed by atoms with Gasteiger partial charge in [0.2, 0.25) is 5.78 Å². The summed E-state index contributed by atoms with van der Waals surface area (Å²) in [7, 11) is 0. The summed E-state index contributed by atoms with van der Waals surface area (Å²) in [6.45, 7) is 0. The van der Waals surface area contributed by atoms with Gasteiger partial charge < -0.3 is 5.73 Å². The number of nitrogens with zero attached hydrogens (tertiary/aromatic N) is 2. The highest BCUT2D eigenvalue weighted by molar-refractivity contribution is 6.07. The quantitative estimate of drug-likeness (QED) is 0.786. The number of nitrogens with two attached hydrogens (primary N) is 1. The maximum atomic E-state index is 11.9. The molecule has 5 nitrogen and oxygen atoms in total. The van der Waals surface area contributed by atoms with E-state index >= 15 is 0 Å². The maximum Gasteiger partial charge on any atom is 0.268 e. The summed E-state index contributed by atoms with van der Waals surface area (Å²) >= 11 is 0. The highest BCUT2D eigenvalue weighted by Crippen LogP contribution is 2.06. The van der Waals surface area contributed by atoms with Crippen LogP contribution in [0.2, 0.25) is 0 Å². The van der Waals surface area contributed by atoms with Crippen molar-refractivity contribution in [2.45, 2.75) is 0 Å². The van der Waals surface area contributed by atoms with E-state index in [4.69, 9.17) is 5.73 Å². The van der Waals surface area contributed by atoms with Crippen LogP contribution in [0.3, 0.4) is 0 Å². The Morgan fingerprint density at radius 1 is 0.941 bits per heavy atom. The van der Waals surface area contributed by atoms with Crippen LogP contribution >= 0.6 is 0 Å². The molecule has 0 saturated heterocycles. The average molecular weight is 227 g/mol. The SMILES string of the molecule is NC(=O)c1cnc(C(=O)c2ccccc2)cn1. The third-order valence-electron chi connectivity index (χ3n) is 2.17. The lowest BCUT2D eigenvalue weighted by atomic mass is 10.1. The Kier molecular flexibility index (Phi) is 2.91. The van der Waals surface area contributed by atoms with Gasteiger partial charge in [-0.05, 0) is 0 Å². The number of hydrogen-bond donors (Lipinski definition) is 1. The monoisotopic (exact) mass is 227 g/mol. The van der Waals surface area contributed by atoms with E-state index in [-0.39, 0.29) is 17.2 Å². The van der Waals surface area contributed by atoms with Crippen LogP contribution < -0.4 is 5.73 Å². The van der Waals surface area contributed by atoms with Crippen molar-refractivity contribution in [1.82, 2.24) is 9.97 Å². The van der Waals surface area contributed by atoms with Crippen LogP contribution in [0.1, 0.15) is 26.5 Å². The number of rotatable bonds is 3. The van der Waals surface area contributed by atoms with Gasteiger partial charge in [0, 0.05) is 5.56 Å². The predicted octanol–water partition coefficient (Wildman–Crippen LogP) is 0.807.